The summed E-state index contributed by atoms with van der Waals surface area (Å²) in [5.41, 5.74) is 5.30. The third-order valence-corrected chi connectivity index (χ3v) is 7.50. The lowest BCUT2D eigenvalue weighted by atomic mass is 9.66. The lowest BCUT2D eigenvalue weighted by molar-refractivity contribution is -0.211. The molecule has 1 amide bonds. The van der Waals surface area contributed by atoms with E-state index in [1.165, 1.54) is 17.3 Å². The first-order chi connectivity index (χ1) is 18.2. The van der Waals surface area contributed by atoms with Crippen molar-refractivity contribution in [2.75, 3.05) is 23.8 Å². The Hall–Kier alpha value is -3.45. The molecule has 1 spiro atoms. The number of nitrogen functional groups attached to an aromatic ring is 1. The third-order valence-electron chi connectivity index (χ3n) is 7.50. The molecule has 2 fully saturated rings. The van der Waals surface area contributed by atoms with Gasteiger partial charge in [-0.2, -0.15) is 13.2 Å². The second-order valence-electron chi connectivity index (χ2n) is 11.4. The lowest BCUT2D eigenvalue weighted by Gasteiger charge is -2.48. The Labute approximate surface area is 222 Å². The number of carbonyl (C=O) groups excluding carboxylic acids is 1. The minimum atomic E-state index is -4.48. The van der Waals surface area contributed by atoms with Crippen LogP contribution < -0.4 is 10.6 Å². The van der Waals surface area contributed by atoms with E-state index < -0.39 is 41.6 Å². The summed E-state index contributed by atoms with van der Waals surface area (Å²) in [4.78, 5) is 27.3. The molecule has 39 heavy (non-hydrogen) atoms. The molecule has 1 aromatic carbocycles. The zero-order chi connectivity index (χ0) is 28.2. The van der Waals surface area contributed by atoms with E-state index in [0.717, 1.165) is 5.52 Å². The molecule has 3 aromatic rings. The van der Waals surface area contributed by atoms with Crippen LogP contribution in [0.4, 0.5) is 29.5 Å². The Morgan fingerprint density at radius 1 is 1.23 bits per heavy atom. The number of carbonyl (C=O) groups is 1. The summed E-state index contributed by atoms with van der Waals surface area (Å²) in [6.07, 6.45) is -0.586. The Morgan fingerprint density at radius 3 is 2.67 bits per heavy atom. The number of aliphatic hydroxyl groups is 1. The van der Waals surface area contributed by atoms with Gasteiger partial charge in [0.05, 0.1) is 48.1 Å². The standard InChI is InChI=1S/C26H31F3N6O4/c1-23(2,37)19-9-32-21(10-31-19)35-13-25(39-22(35)36)7-6-20(38-14-26(27,28)29)24(3,11-25)12-34-15-33-17-5-4-16(30)8-18(17)34/h4-5,8-10,15,20,37H,6-7,11-14,30H2,1-3H3/t20?,24-,25-/m0/s1. The number of imidazole rings is 1. The molecule has 5 rings (SSSR count). The van der Waals surface area contributed by atoms with Gasteiger partial charge in [0.15, 0.2) is 5.82 Å². The van der Waals surface area contributed by atoms with Gasteiger partial charge in [-0.05, 0) is 51.3 Å². The average molecular weight is 549 g/mol. The molecule has 0 radical (unpaired) electrons. The van der Waals surface area contributed by atoms with Crippen LogP contribution in [-0.2, 0) is 21.6 Å². The molecule has 1 aliphatic heterocycles. The largest absolute Gasteiger partial charge is 0.441 e. The maximum atomic E-state index is 13.1. The molecule has 10 nitrogen and oxygen atoms in total. The van der Waals surface area contributed by atoms with Crippen molar-refractivity contribution in [2.45, 2.75) is 70.1 Å². The molecule has 3 heterocycles. The highest BCUT2D eigenvalue weighted by Gasteiger charge is 2.56. The first-order valence-corrected chi connectivity index (χ1v) is 12.6. The molecular weight excluding hydrogens is 517 g/mol. The van der Waals surface area contributed by atoms with Gasteiger partial charge in [0.2, 0.25) is 0 Å². The first-order valence-electron chi connectivity index (χ1n) is 12.6. The van der Waals surface area contributed by atoms with Crippen LogP contribution in [0, 0.1) is 5.41 Å². The topological polar surface area (TPSA) is 129 Å². The van der Waals surface area contributed by atoms with Gasteiger partial charge in [0.25, 0.3) is 0 Å². The molecule has 3 N–H and O–H groups in total. The van der Waals surface area contributed by atoms with Crippen molar-refractivity contribution in [2.24, 2.45) is 5.41 Å². The number of hydrogen-bond acceptors (Lipinski definition) is 8. The Morgan fingerprint density at radius 2 is 2.00 bits per heavy atom. The fourth-order valence-electron chi connectivity index (χ4n) is 5.71. The van der Waals surface area contributed by atoms with Crippen LogP contribution in [0.5, 0.6) is 0 Å². The number of benzene rings is 1. The van der Waals surface area contributed by atoms with Crippen molar-refractivity contribution in [1.29, 1.82) is 0 Å². The molecule has 0 bridgehead atoms. The molecule has 1 unspecified atom stereocenters. The molecule has 3 atom stereocenters. The van der Waals surface area contributed by atoms with Gasteiger partial charge in [-0.25, -0.2) is 14.8 Å². The molecule has 1 saturated carbocycles. The van der Waals surface area contributed by atoms with Crippen molar-refractivity contribution in [3.8, 4) is 0 Å². The van der Waals surface area contributed by atoms with Crippen LogP contribution in [0.3, 0.4) is 0 Å². The SMILES string of the molecule is CC(C)(O)c1cnc(N2C[C@@]3(CCC(OCC(F)(F)F)[C@](C)(Cn4cnc5ccc(N)cc54)C3)OC2=O)cn1. The summed E-state index contributed by atoms with van der Waals surface area (Å²) in [5, 5.41) is 10.2. The number of nitrogens with zero attached hydrogens (tertiary/aromatic N) is 5. The van der Waals surface area contributed by atoms with Gasteiger partial charge >= 0.3 is 12.3 Å². The summed E-state index contributed by atoms with van der Waals surface area (Å²) in [7, 11) is 0. The van der Waals surface area contributed by atoms with E-state index in [1.54, 1.807) is 38.4 Å². The van der Waals surface area contributed by atoms with Gasteiger partial charge in [-0.1, -0.05) is 6.92 Å². The third kappa shape index (κ3) is 5.50. The highest BCUT2D eigenvalue weighted by molar-refractivity contribution is 5.89. The molecule has 210 valence electrons. The van der Waals surface area contributed by atoms with E-state index in [4.69, 9.17) is 15.2 Å². The predicted octanol–water partition coefficient (Wildman–Crippen LogP) is 4.17. The fourth-order valence-corrected chi connectivity index (χ4v) is 5.71. The zero-order valence-corrected chi connectivity index (χ0v) is 21.9. The smallest absolute Gasteiger partial charge is 0.416 e. The highest BCUT2D eigenvalue weighted by Crippen LogP contribution is 2.49. The van der Waals surface area contributed by atoms with Crippen molar-refractivity contribution in [3.63, 3.8) is 0 Å². The van der Waals surface area contributed by atoms with Crippen molar-refractivity contribution in [3.05, 3.63) is 42.6 Å². The van der Waals surface area contributed by atoms with Crippen LogP contribution in [0.1, 0.15) is 45.7 Å². The predicted molar refractivity (Wildman–Crippen MR) is 136 cm³/mol. The molecule has 13 heteroatoms. The van der Waals surface area contributed by atoms with Crippen LogP contribution in [0.25, 0.3) is 11.0 Å². The Bertz CT molecular complexity index is 1370. The minimum absolute atomic E-state index is 0.154. The van der Waals surface area contributed by atoms with E-state index in [1.807, 2.05) is 11.5 Å². The number of fused-ring (bicyclic) bond motifs is 1. The monoisotopic (exact) mass is 548 g/mol. The van der Waals surface area contributed by atoms with E-state index in [0.29, 0.717) is 23.3 Å². The van der Waals surface area contributed by atoms with Gasteiger partial charge in [-0.3, -0.25) is 9.88 Å². The normalized spacial score (nSPS) is 26.0. The summed E-state index contributed by atoms with van der Waals surface area (Å²) in [5.74, 6) is 0.262. The van der Waals surface area contributed by atoms with Crippen LogP contribution in [-0.4, -0.2) is 61.8 Å². The van der Waals surface area contributed by atoms with E-state index in [2.05, 4.69) is 15.0 Å². The molecule has 1 saturated heterocycles. The molecule has 2 aliphatic rings. The van der Waals surface area contributed by atoms with Crippen LogP contribution in [0.2, 0.25) is 0 Å². The number of aromatic nitrogens is 4. The highest BCUT2D eigenvalue weighted by atomic mass is 19.4. The zero-order valence-electron chi connectivity index (χ0n) is 21.9. The minimum Gasteiger partial charge on any atom is -0.441 e. The van der Waals surface area contributed by atoms with Crippen LogP contribution in [0.15, 0.2) is 36.9 Å². The maximum absolute atomic E-state index is 13.1. The molecule has 1 aliphatic carbocycles. The number of alkyl halides is 3. The van der Waals surface area contributed by atoms with Crippen molar-refractivity contribution >= 4 is 28.6 Å². The Kier molecular flexibility index (Phi) is 6.49. The van der Waals surface area contributed by atoms with Crippen molar-refractivity contribution in [1.82, 2.24) is 19.5 Å². The number of amides is 1. The van der Waals surface area contributed by atoms with Crippen LogP contribution >= 0.6 is 0 Å². The summed E-state index contributed by atoms with van der Waals surface area (Å²) < 4.78 is 52.6. The van der Waals surface area contributed by atoms with E-state index >= 15 is 0 Å². The lowest BCUT2D eigenvalue weighted by Crippen LogP contribution is -2.53. The Balaban J connectivity index is 1.43. The summed E-state index contributed by atoms with van der Waals surface area (Å²) in [6, 6.07) is 5.28. The fraction of sp³-hybridized carbons (Fsp3) is 0.538. The molecular formula is C26H31F3N6O4. The average Bonchev–Trinajstić information content (AvgIpc) is 3.37. The number of hydrogen-bond donors (Lipinski definition) is 2. The quantitative estimate of drug-likeness (QED) is 0.440. The summed E-state index contributed by atoms with van der Waals surface area (Å²) in [6.45, 7) is 4.06. The van der Waals surface area contributed by atoms with Gasteiger partial charge in [0.1, 0.15) is 17.8 Å². The second-order valence-corrected chi connectivity index (χ2v) is 11.4. The maximum Gasteiger partial charge on any atom is 0.416 e. The van der Waals surface area contributed by atoms with E-state index in [-0.39, 0.29) is 31.7 Å². The number of rotatable bonds is 6. The van der Waals surface area contributed by atoms with Gasteiger partial charge in [0, 0.05) is 17.6 Å². The summed E-state index contributed by atoms with van der Waals surface area (Å²) >= 11 is 0. The first kappa shape index (κ1) is 27.1. The number of halogens is 3. The van der Waals surface area contributed by atoms with Gasteiger partial charge in [-0.15, -0.1) is 0 Å². The number of nitrogens with two attached hydrogens (primary N) is 1. The van der Waals surface area contributed by atoms with E-state index in [9.17, 15) is 23.1 Å². The van der Waals surface area contributed by atoms with Gasteiger partial charge < -0.3 is 24.9 Å². The number of ether oxygens (including phenoxy) is 2. The number of anilines is 2. The second kappa shape index (κ2) is 9.33. The van der Waals surface area contributed by atoms with Crippen molar-refractivity contribution < 1.29 is 32.5 Å². The molecule has 2 aromatic heterocycles.